The number of halogens is 1. The number of aryl methyl sites for hydroxylation is 7. The van der Waals surface area contributed by atoms with Crippen LogP contribution in [0, 0.1) is 34.6 Å². The average molecular weight is 631 g/mol. The summed E-state index contributed by atoms with van der Waals surface area (Å²) in [7, 11) is 5.56. The molecule has 0 bridgehead atoms. The lowest BCUT2D eigenvalue weighted by Crippen LogP contribution is -2.28. The monoisotopic (exact) mass is 630 g/mol. The van der Waals surface area contributed by atoms with Crippen molar-refractivity contribution in [3.05, 3.63) is 92.3 Å². The molecule has 0 fully saturated rings. The predicted octanol–water partition coefficient (Wildman–Crippen LogP) is 7.35. The summed E-state index contributed by atoms with van der Waals surface area (Å²) in [6, 6.07) is 11.5. The summed E-state index contributed by atoms with van der Waals surface area (Å²) in [5.41, 5.74) is 8.49. The molecule has 0 aliphatic carbocycles. The van der Waals surface area contributed by atoms with E-state index in [0.29, 0.717) is 36.7 Å². The van der Waals surface area contributed by atoms with Crippen molar-refractivity contribution in [3.63, 3.8) is 0 Å². The molecule has 0 saturated heterocycles. The lowest BCUT2D eigenvalue weighted by Gasteiger charge is -2.18. The van der Waals surface area contributed by atoms with E-state index in [1.165, 1.54) is 6.07 Å². The molecule has 236 valence electrons. The van der Waals surface area contributed by atoms with Crippen LogP contribution in [0.2, 0.25) is 5.02 Å². The third kappa shape index (κ3) is 5.96. The molecule has 0 spiro atoms. The lowest BCUT2D eigenvalue weighted by atomic mass is 9.98. The number of nitrogens with zero attached hydrogens (tertiary/aromatic N) is 4. The highest BCUT2D eigenvalue weighted by molar-refractivity contribution is 6.32. The van der Waals surface area contributed by atoms with E-state index < -0.39 is 5.97 Å². The van der Waals surface area contributed by atoms with Crippen molar-refractivity contribution in [2.75, 3.05) is 13.7 Å². The molecular weight excluding hydrogens is 592 g/mol. The number of hydrogen-bond donors (Lipinski definition) is 1. The zero-order valence-corrected chi connectivity index (χ0v) is 27.8. The molecule has 3 heterocycles. The number of furan rings is 1. The van der Waals surface area contributed by atoms with Crippen molar-refractivity contribution in [1.29, 1.82) is 0 Å². The Balaban J connectivity index is 1.53. The van der Waals surface area contributed by atoms with E-state index in [0.717, 1.165) is 60.9 Å². The number of rotatable bonds is 10. The van der Waals surface area contributed by atoms with Gasteiger partial charge in [0.2, 0.25) is 0 Å². The molecule has 0 aliphatic rings. The molecule has 3 aromatic heterocycles. The Kier molecular flexibility index (Phi) is 8.85. The van der Waals surface area contributed by atoms with Gasteiger partial charge < -0.3 is 23.7 Å². The van der Waals surface area contributed by atoms with Crippen LogP contribution in [0.3, 0.4) is 0 Å². The van der Waals surface area contributed by atoms with Crippen LogP contribution >= 0.6 is 11.6 Å². The highest BCUT2D eigenvalue weighted by Gasteiger charge is 2.27. The van der Waals surface area contributed by atoms with Gasteiger partial charge in [-0.3, -0.25) is 9.48 Å². The normalized spacial score (nSPS) is 11.4. The third-order valence-electron chi connectivity index (χ3n) is 8.49. The van der Waals surface area contributed by atoms with Crippen molar-refractivity contribution in [3.8, 4) is 16.9 Å². The van der Waals surface area contributed by atoms with E-state index in [2.05, 4.69) is 17.2 Å². The minimum absolute atomic E-state index is 0.0917. The first-order valence-electron chi connectivity index (χ1n) is 14.9. The number of ether oxygens (including phenoxy) is 1. The molecule has 10 heteroatoms. The first-order chi connectivity index (χ1) is 21.3. The van der Waals surface area contributed by atoms with Crippen LogP contribution in [0.5, 0.6) is 5.75 Å². The quantitative estimate of drug-likeness (QED) is 0.162. The van der Waals surface area contributed by atoms with Gasteiger partial charge in [-0.1, -0.05) is 29.8 Å². The summed E-state index contributed by atoms with van der Waals surface area (Å²) < 4.78 is 15.7. The Morgan fingerprint density at radius 1 is 1.07 bits per heavy atom. The SMILES string of the molecule is Cc1cc(OCCCc2c(C(=O)N(C)Cc3cc(C(=O)O)c(C)o3)n(C)c3c(-c4c(C)nn(C)c4C)cccc23)cc(C)c1Cl. The third-order valence-corrected chi connectivity index (χ3v) is 9.08. The average Bonchev–Trinajstić information content (AvgIpc) is 3.58. The number of aromatic nitrogens is 3. The molecule has 0 radical (unpaired) electrons. The summed E-state index contributed by atoms with van der Waals surface area (Å²) in [6.07, 6.45) is 1.29. The number of carbonyl (C=O) groups excluding carboxylic acids is 1. The van der Waals surface area contributed by atoms with Crippen molar-refractivity contribution in [1.82, 2.24) is 19.2 Å². The fraction of sp³-hybridized carbons (Fsp3) is 0.343. The highest BCUT2D eigenvalue weighted by atomic mass is 35.5. The van der Waals surface area contributed by atoms with Crippen molar-refractivity contribution >= 4 is 34.4 Å². The molecule has 0 atom stereocenters. The van der Waals surface area contributed by atoms with Gasteiger partial charge in [0.15, 0.2) is 0 Å². The zero-order valence-electron chi connectivity index (χ0n) is 27.0. The molecule has 2 aromatic carbocycles. The van der Waals surface area contributed by atoms with Gasteiger partial charge in [0.25, 0.3) is 5.91 Å². The van der Waals surface area contributed by atoms with Gasteiger partial charge in [0, 0.05) is 48.4 Å². The van der Waals surface area contributed by atoms with Crippen LogP contribution < -0.4 is 4.74 Å². The van der Waals surface area contributed by atoms with Crippen molar-refractivity contribution in [2.45, 2.75) is 54.0 Å². The molecular formula is C35H39ClN4O5. The predicted molar refractivity (Wildman–Crippen MR) is 176 cm³/mol. The molecule has 0 aliphatic heterocycles. The number of benzene rings is 2. The summed E-state index contributed by atoms with van der Waals surface area (Å²) >= 11 is 6.34. The fourth-order valence-electron chi connectivity index (χ4n) is 6.23. The Morgan fingerprint density at radius 3 is 2.36 bits per heavy atom. The number of carboxylic acids is 1. The zero-order chi connectivity index (χ0) is 32.7. The van der Waals surface area contributed by atoms with E-state index in [-0.39, 0.29) is 18.0 Å². The molecule has 0 saturated carbocycles. The van der Waals surface area contributed by atoms with E-state index in [4.69, 9.17) is 20.8 Å². The van der Waals surface area contributed by atoms with Crippen molar-refractivity contribution in [2.24, 2.45) is 14.1 Å². The van der Waals surface area contributed by atoms with Crippen LogP contribution in [-0.4, -0.2) is 49.9 Å². The van der Waals surface area contributed by atoms with E-state index in [9.17, 15) is 14.7 Å². The minimum atomic E-state index is -1.06. The summed E-state index contributed by atoms with van der Waals surface area (Å²) in [5.74, 6) is 0.228. The molecule has 5 rings (SSSR count). The summed E-state index contributed by atoms with van der Waals surface area (Å²) in [5, 5.41) is 15.8. The molecule has 0 unspecified atom stereocenters. The van der Waals surface area contributed by atoms with Crippen LogP contribution in [0.4, 0.5) is 0 Å². The van der Waals surface area contributed by atoms with Gasteiger partial charge >= 0.3 is 5.97 Å². The maximum absolute atomic E-state index is 14.2. The van der Waals surface area contributed by atoms with E-state index in [1.54, 1.807) is 18.9 Å². The highest BCUT2D eigenvalue weighted by Crippen LogP contribution is 2.38. The smallest absolute Gasteiger partial charge is 0.339 e. The number of fused-ring (bicyclic) bond motifs is 1. The fourth-order valence-corrected chi connectivity index (χ4v) is 6.34. The number of amides is 1. The second-order valence-corrected chi connectivity index (χ2v) is 12.1. The second-order valence-electron chi connectivity index (χ2n) is 11.7. The van der Waals surface area contributed by atoms with Gasteiger partial charge in [0.05, 0.1) is 24.4 Å². The van der Waals surface area contributed by atoms with Crippen molar-refractivity contribution < 1.29 is 23.8 Å². The molecule has 45 heavy (non-hydrogen) atoms. The maximum atomic E-state index is 14.2. The van der Waals surface area contributed by atoms with Gasteiger partial charge in [0.1, 0.15) is 28.5 Å². The largest absolute Gasteiger partial charge is 0.494 e. The number of hydrogen-bond acceptors (Lipinski definition) is 5. The van der Waals surface area contributed by atoms with Crippen LogP contribution in [-0.2, 0) is 27.1 Å². The molecule has 9 nitrogen and oxygen atoms in total. The number of para-hydroxylation sites is 1. The first-order valence-corrected chi connectivity index (χ1v) is 15.3. The topological polar surface area (TPSA) is 103 Å². The van der Waals surface area contributed by atoms with Gasteiger partial charge in [-0.25, -0.2) is 4.79 Å². The number of carboxylic acid groups (broad SMARTS) is 1. The van der Waals surface area contributed by atoms with Gasteiger partial charge in [-0.15, -0.1) is 0 Å². The standard InChI is InChI=1S/C35H39ClN4O5/c1-19-15-24(16-20(2)31(19)36)44-14-10-13-27-26-11-9-12-28(30-21(3)37-40(8)22(30)4)32(26)39(7)33(27)34(41)38(6)18-25-17-29(35(42)43)23(5)45-25/h9,11-12,15-17H,10,13-14,18H2,1-8H3,(H,42,43). The van der Waals surface area contributed by atoms with Crippen LogP contribution in [0.15, 0.2) is 40.8 Å². The summed E-state index contributed by atoms with van der Waals surface area (Å²) in [4.78, 5) is 27.3. The Morgan fingerprint density at radius 2 is 1.76 bits per heavy atom. The Bertz CT molecular complexity index is 1920. The number of aromatic carboxylic acids is 1. The minimum Gasteiger partial charge on any atom is -0.494 e. The van der Waals surface area contributed by atoms with Crippen LogP contribution in [0.1, 0.15) is 66.9 Å². The van der Waals surface area contributed by atoms with Gasteiger partial charge in [-0.2, -0.15) is 5.10 Å². The van der Waals surface area contributed by atoms with E-state index >= 15 is 0 Å². The lowest BCUT2D eigenvalue weighted by molar-refractivity contribution is 0.0694. The first kappa shape index (κ1) is 31.9. The van der Waals surface area contributed by atoms with E-state index in [1.807, 2.05) is 69.2 Å². The molecule has 1 amide bonds. The second kappa shape index (κ2) is 12.5. The number of carbonyl (C=O) groups is 2. The Hall–Kier alpha value is -4.50. The van der Waals surface area contributed by atoms with Gasteiger partial charge in [-0.05, 0) is 82.3 Å². The summed E-state index contributed by atoms with van der Waals surface area (Å²) in [6.45, 7) is 10.2. The van der Waals surface area contributed by atoms with Crippen LogP contribution in [0.25, 0.3) is 22.0 Å². The Labute approximate surface area is 268 Å². The molecule has 1 N–H and O–H groups in total. The maximum Gasteiger partial charge on any atom is 0.339 e. The molecule has 5 aromatic rings.